The number of halogens is 1. The monoisotopic (exact) mass is 170 g/mol. The van der Waals surface area contributed by atoms with Crippen molar-refractivity contribution in [2.45, 2.75) is 6.92 Å². The van der Waals surface area contributed by atoms with Crippen LogP contribution in [-0.4, -0.2) is 6.54 Å². The lowest BCUT2D eigenvalue weighted by Crippen LogP contribution is -1.96. The molecule has 0 aliphatic rings. The first-order valence-corrected chi connectivity index (χ1v) is 3.90. The second-order valence-corrected chi connectivity index (χ2v) is 2.67. The van der Waals surface area contributed by atoms with Gasteiger partial charge in [-0.3, -0.25) is 0 Å². The lowest BCUT2D eigenvalue weighted by molar-refractivity contribution is 1.21. The minimum Gasteiger partial charge on any atom is -0.398 e. The van der Waals surface area contributed by atoms with E-state index >= 15 is 0 Å². The van der Waals surface area contributed by atoms with Crippen LogP contribution in [0.25, 0.3) is 0 Å². The van der Waals surface area contributed by atoms with E-state index in [0.717, 1.165) is 12.2 Å². The second kappa shape index (κ2) is 3.49. The van der Waals surface area contributed by atoms with Crippen molar-refractivity contribution in [3.63, 3.8) is 0 Å². The van der Waals surface area contributed by atoms with Gasteiger partial charge in [-0.15, -0.1) is 0 Å². The highest BCUT2D eigenvalue weighted by Gasteiger charge is 1.95. The molecule has 2 nitrogen and oxygen atoms in total. The van der Waals surface area contributed by atoms with Crippen molar-refractivity contribution in [2.75, 3.05) is 17.6 Å². The molecule has 0 saturated heterocycles. The molecule has 0 bridgehead atoms. The van der Waals surface area contributed by atoms with Crippen LogP contribution < -0.4 is 11.1 Å². The highest BCUT2D eigenvalue weighted by atomic mass is 35.5. The third-order valence-electron chi connectivity index (χ3n) is 1.38. The Hall–Kier alpha value is -0.890. The fourth-order valence-corrected chi connectivity index (χ4v) is 1.02. The molecule has 0 fully saturated rings. The van der Waals surface area contributed by atoms with Crippen LogP contribution in [-0.2, 0) is 0 Å². The van der Waals surface area contributed by atoms with Gasteiger partial charge in [-0.1, -0.05) is 11.6 Å². The van der Waals surface area contributed by atoms with Gasteiger partial charge in [-0.05, 0) is 25.1 Å². The average Bonchev–Trinajstić information content (AvgIpc) is 1.98. The van der Waals surface area contributed by atoms with E-state index in [-0.39, 0.29) is 0 Å². The topological polar surface area (TPSA) is 38.0 Å². The Labute approximate surface area is 71.4 Å². The summed E-state index contributed by atoms with van der Waals surface area (Å²) < 4.78 is 0. The van der Waals surface area contributed by atoms with Gasteiger partial charge in [0, 0.05) is 12.2 Å². The maximum Gasteiger partial charge on any atom is 0.0655 e. The Balaban J connectivity index is 2.86. The molecule has 0 spiro atoms. The Morgan fingerprint density at radius 2 is 2.27 bits per heavy atom. The van der Waals surface area contributed by atoms with E-state index in [9.17, 15) is 0 Å². The molecule has 0 radical (unpaired) electrons. The van der Waals surface area contributed by atoms with E-state index in [1.54, 1.807) is 6.07 Å². The van der Waals surface area contributed by atoms with E-state index < -0.39 is 0 Å². The Morgan fingerprint density at radius 1 is 1.55 bits per heavy atom. The number of nitrogen functional groups attached to an aromatic ring is 1. The molecule has 0 aromatic heterocycles. The zero-order chi connectivity index (χ0) is 8.27. The summed E-state index contributed by atoms with van der Waals surface area (Å²) in [5, 5.41) is 3.74. The molecule has 0 amide bonds. The van der Waals surface area contributed by atoms with Gasteiger partial charge < -0.3 is 11.1 Å². The van der Waals surface area contributed by atoms with Crippen molar-refractivity contribution in [3.8, 4) is 0 Å². The van der Waals surface area contributed by atoms with Crippen molar-refractivity contribution in [3.05, 3.63) is 23.2 Å². The largest absolute Gasteiger partial charge is 0.398 e. The van der Waals surface area contributed by atoms with Crippen molar-refractivity contribution in [2.24, 2.45) is 0 Å². The number of nitrogens with one attached hydrogen (secondary N) is 1. The summed E-state index contributed by atoms with van der Waals surface area (Å²) in [5.74, 6) is 0. The first-order valence-electron chi connectivity index (χ1n) is 3.53. The van der Waals surface area contributed by atoms with Crippen molar-refractivity contribution >= 4 is 23.0 Å². The van der Waals surface area contributed by atoms with Crippen LogP contribution >= 0.6 is 11.6 Å². The van der Waals surface area contributed by atoms with E-state index in [1.807, 2.05) is 19.1 Å². The number of nitrogens with two attached hydrogens (primary N) is 1. The van der Waals surface area contributed by atoms with Gasteiger partial charge in [0.2, 0.25) is 0 Å². The zero-order valence-electron chi connectivity index (χ0n) is 6.39. The van der Waals surface area contributed by atoms with E-state index in [4.69, 9.17) is 17.3 Å². The van der Waals surface area contributed by atoms with Crippen molar-refractivity contribution in [1.82, 2.24) is 0 Å². The number of anilines is 2. The second-order valence-electron chi connectivity index (χ2n) is 2.27. The number of rotatable bonds is 2. The molecule has 0 heterocycles. The van der Waals surface area contributed by atoms with E-state index in [2.05, 4.69) is 5.32 Å². The number of benzene rings is 1. The summed E-state index contributed by atoms with van der Waals surface area (Å²) in [4.78, 5) is 0. The van der Waals surface area contributed by atoms with Crippen LogP contribution in [0.1, 0.15) is 6.92 Å². The first-order chi connectivity index (χ1) is 5.24. The Morgan fingerprint density at radius 3 is 2.82 bits per heavy atom. The molecule has 0 aliphatic heterocycles. The van der Waals surface area contributed by atoms with Gasteiger partial charge in [0.15, 0.2) is 0 Å². The lowest BCUT2D eigenvalue weighted by atomic mass is 10.3. The Kier molecular flexibility index (Phi) is 2.60. The molecule has 1 rings (SSSR count). The molecule has 1 aromatic rings. The molecule has 11 heavy (non-hydrogen) atoms. The molecular weight excluding hydrogens is 160 g/mol. The summed E-state index contributed by atoms with van der Waals surface area (Å²) in [5.41, 5.74) is 7.15. The predicted molar refractivity (Wildman–Crippen MR) is 50.0 cm³/mol. The van der Waals surface area contributed by atoms with E-state index in [1.165, 1.54) is 0 Å². The SMILES string of the molecule is CCNc1ccc(N)c(Cl)c1. The van der Waals surface area contributed by atoms with Crippen LogP contribution in [0.15, 0.2) is 18.2 Å². The molecular formula is C8H11ClN2. The Bertz CT molecular complexity index is 248. The van der Waals surface area contributed by atoms with Crippen molar-refractivity contribution in [1.29, 1.82) is 0 Å². The maximum absolute atomic E-state index is 5.78. The summed E-state index contributed by atoms with van der Waals surface area (Å²) in [7, 11) is 0. The van der Waals surface area contributed by atoms with Crippen LogP contribution in [0.2, 0.25) is 5.02 Å². The molecule has 0 unspecified atom stereocenters. The number of hydrogen-bond donors (Lipinski definition) is 2. The molecule has 3 heteroatoms. The third kappa shape index (κ3) is 2.02. The normalized spacial score (nSPS) is 9.64. The minimum absolute atomic E-state index is 0.600. The molecule has 0 aliphatic carbocycles. The molecule has 0 atom stereocenters. The van der Waals surface area contributed by atoms with Crippen LogP contribution in [0.4, 0.5) is 11.4 Å². The summed E-state index contributed by atoms with van der Waals surface area (Å²) in [6, 6.07) is 5.52. The quantitative estimate of drug-likeness (QED) is 0.669. The van der Waals surface area contributed by atoms with E-state index in [0.29, 0.717) is 10.7 Å². The molecule has 0 saturated carbocycles. The van der Waals surface area contributed by atoms with Gasteiger partial charge in [0.05, 0.1) is 10.7 Å². The molecule has 60 valence electrons. The van der Waals surface area contributed by atoms with Crippen LogP contribution in [0.3, 0.4) is 0 Å². The van der Waals surface area contributed by atoms with Gasteiger partial charge >= 0.3 is 0 Å². The van der Waals surface area contributed by atoms with Gasteiger partial charge in [-0.2, -0.15) is 0 Å². The smallest absolute Gasteiger partial charge is 0.0655 e. The summed E-state index contributed by atoms with van der Waals surface area (Å²) in [6.45, 7) is 2.92. The molecule has 1 aromatic carbocycles. The highest BCUT2D eigenvalue weighted by molar-refractivity contribution is 6.33. The van der Waals surface area contributed by atoms with Gasteiger partial charge in [-0.25, -0.2) is 0 Å². The third-order valence-corrected chi connectivity index (χ3v) is 1.71. The fraction of sp³-hybridized carbons (Fsp3) is 0.250. The standard InChI is InChI=1S/C8H11ClN2/c1-2-11-6-3-4-8(10)7(9)5-6/h3-5,11H,2,10H2,1H3. The maximum atomic E-state index is 5.78. The predicted octanol–water partition coefficient (Wildman–Crippen LogP) is 2.35. The van der Waals surface area contributed by atoms with Crippen molar-refractivity contribution < 1.29 is 0 Å². The lowest BCUT2D eigenvalue weighted by Gasteiger charge is -2.04. The van der Waals surface area contributed by atoms with Gasteiger partial charge in [0.25, 0.3) is 0 Å². The minimum atomic E-state index is 0.600. The van der Waals surface area contributed by atoms with Crippen LogP contribution in [0.5, 0.6) is 0 Å². The highest BCUT2D eigenvalue weighted by Crippen LogP contribution is 2.22. The zero-order valence-corrected chi connectivity index (χ0v) is 7.15. The summed E-state index contributed by atoms with van der Waals surface area (Å²) >= 11 is 5.78. The van der Waals surface area contributed by atoms with Crippen LogP contribution in [0, 0.1) is 0 Å². The molecule has 3 N–H and O–H groups in total. The van der Waals surface area contributed by atoms with Gasteiger partial charge in [0.1, 0.15) is 0 Å². The first kappa shape index (κ1) is 8.21. The fourth-order valence-electron chi connectivity index (χ4n) is 0.841. The average molecular weight is 171 g/mol. The summed E-state index contributed by atoms with van der Waals surface area (Å²) in [6.07, 6.45) is 0. The number of hydrogen-bond acceptors (Lipinski definition) is 2.